The zero-order valence-corrected chi connectivity index (χ0v) is 13.0. The molecule has 0 saturated carbocycles. The van der Waals surface area contributed by atoms with Crippen molar-refractivity contribution in [2.24, 2.45) is 0 Å². The summed E-state index contributed by atoms with van der Waals surface area (Å²) in [5.74, 6) is -1.21. The summed E-state index contributed by atoms with van der Waals surface area (Å²) in [6.45, 7) is 3.23. The Balaban J connectivity index is 2.59. The van der Waals surface area contributed by atoms with Crippen LogP contribution in [0, 0.1) is 24.0 Å². The molecular formula is C13H16N2O6S. The molecule has 8 nitrogen and oxygen atoms in total. The van der Waals surface area contributed by atoms with Crippen LogP contribution in [0.15, 0.2) is 17.0 Å². The molecule has 1 aromatic carbocycles. The van der Waals surface area contributed by atoms with Crippen molar-refractivity contribution in [1.82, 2.24) is 4.31 Å². The molecule has 22 heavy (non-hydrogen) atoms. The van der Waals surface area contributed by atoms with Gasteiger partial charge in [0, 0.05) is 18.7 Å². The molecule has 0 spiro atoms. The monoisotopic (exact) mass is 328 g/mol. The third-order valence-corrected chi connectivity index (χ3v) is 5.93. The van der Waals surface area contributed by atoms with Crippen LogP contribution < -0.4 is 0 Å². The van der Waals surface area contributed by atoms with Crippen LogP contribution >= 0.6 is 0 Å². The maximum absolute atomic E-state index is 12.7. The lowest BCUT2D eigenvalue weighted by Crippen LogP contribution is -2.40. The first-order chi connectivity index (χ1) is 10.2. The molecule has 1 heterocycles. The Labute approximate surface area is 127 Å². The third-order valence-electron chi connectivity index (χ3n) is 3.89. The number of hydrogen-bond acceptors (Lipinski definition) is 5. The van der Waals surface area contributed by atoms with Gasteiger partial charge in [-0.25, -0.2) is 8.42 Å². The largest absolute Gasteiger partial charge is 0.480 e. The first-order valence-electron chi connectivity index (χ1n) is 6.66. The fourth-order valence-corrected chi connectivity index (χ4v) is 4.55. The van der Waals surface area contributed by atoms with Crippen LogP contribution in [0.3, 0.4) is 0 Å². The van der Waals surface area contributed by atoms with Gasteiger partial charge < -0.3 is 5.11 Å². The van der Waals surface area contributed by atoms with E-state index >= 15 is 0 Å². The molecule has 1 N–H and O–H groups in total. The van der Waals surface area contributed by atoms with Gasteiger partial charge in [0.2, 0.25) is 10.0 Å². The molecule has 0 radical (unpaired) electrons. The minimum atomic E-state index is -4.09. The van der Waals surface area contributed by atoms with E-state index in [1.165, 1.54) is 6.07 Å². The summed E-state index contributed by atoms with van der Waals surface area (Å²) in [4.78, 5) is 21.3. The third kappa shape index (κ3) is 2.69. The van der Waals surface area contributed by atoms with E-state index in [-0.39, 0.29) is 23.5 Å². The lowest BCUT2D eigenvalue weighted by Gasteiger charge is -2.22. The van der Waals surface area contributed by atoms with Crippen LogP contribution in [0.25, 0.3) is 0 Å². The van der Waals surface area contributed by atoms with Gasteiger partial charge in [-0.15, -0.1) is 0 Å². The normalized spacial score (nSPS) is 19.3. The SMILES string of the molecule is Cc1cc([N+](=O)[O-])cc(S(=O)(=O)N2CCC[C@@H]2C(=O)O)c1C. The van der Waals surface area contributed by atoms with E-state index in [9.17, 15) is 23.3 Å². The van der Waals surface area contributed by atoms with Gasteiger partial charge in [0.1, 0.15) is 6.04 Å². The average Bonchev–Trinajstić information content (AvgIpc) is 2.91. The molecule has 1 fully saturated rings. The van der Waals surface area contributed by atoms with Crippen LogP contribution in [0.4, 0.5) is 5.69 Å². The fraction of sp³-hybridized carbons (Fsp3) is 0.462. The summed E-state index contributed by atoms with van der Waals surface area (Å²) < 4.78 is 26.4. The van der Waals surface area contributed by atoms with E-state index in [0.29, 0.717) is 17.5 Å². The van der Waals surface area contributed by atoms with Crippen molar-refractivity contribution in [2.45, 2.75) is 37.6 Å². The van der Waals surface area contributed by atoms with Crippen LogP contribution in [0.5, 0.6) is 0 Å². The van der Waals surface area contributed by atoms with Gasteiger partial charge in [-0.3, -0.25) is 14.9 Å². The predicted octanol–water partition coefficient (Wildman–Crippen LogP) is 1.45. The number of nitro groups is 1. The predicted molar refractivity (Wildman–Crippen MR) is 77.1 cm³/mol. The summed E-state index contributed by atoms with van der Waals surface area (Å²) in [5, 5.41) is 20.1. The number of aliphatic carboxylic acids is 1. The number of carboxylic acid groups (broad SMARTS) is 1. The molecule has 9 heteroatoms. The summed E-state index contributed by atoms with van der Waals surface area (Å²) in [6.07, 6.45) is 0.685. The first kappa shape index (κ1) is 16.4. The maximum Gasteiger partial charge on any atom is 0.322 e. The van der Waals surface area contributed by atoms with Gasteiger partial charge in [-0.1, -0.05) is 0 Å². The summed E-state index contributed by atoms with van der Waals surface area (Å²) >= 11 is 0. The molecule has 0 aliphatic carbocycles. The van der Waals surface area contributed by atoms with Crippen molar-refractivity contribution in [3.05, 3.63) is 33.4 Å². The molecule has 1 atom stereocenters. The maximum atomic E-state index is 12.7. The van der Waals surface area contributed by atoms with Crippen molar-refractivity contribution in [3.63, 3.8) is 0 Å². The Morgan fingerprint density at radius 2 is 2.05 bits per heavy atom. The number of benzene rings is 1. The molecule has 0 aromatic heterocycles. The van der Waals surface area contributed by atoms with Crippen LogP contribution in [0.1, 0.15) is 24.0 Å². The highest BCUT2D eigenvalue weighted by atomic mass is 32.2. The van der Waals surface area contributed by atoms with Gasteiger partial charge in [0.05, 0.1) is 9.82 Å². The Morgan fingerprint density at radius 1 is 1.41 bits per heavy atom. The summed E-state index contributed by atoms with van der Waals surface area (Å²) in [7, 11) is -4.09. The minimum Gasteiger partial charge on any atom is -0.480 e. The summed E-state index contributed by atoms with van der Waals surface area (Å²) in [5.41, 5.74) is 0.535. The highest BCUT2D eigenvalue weighted by Gasteiger charge is 2.40. The second-order valence-electron chi connectivity index (χ2n) is 5.25. The van der Waals surface area contributed by atoms with E-state index in [2.05, 4.69) is 0 Å². The molecule has 1 aliphatic rings. The van der Waals surface area contributed by atoms with Crippen molar-refractivity contribution in [2.75, 3.05) is 6.54 Å². The van der Waals surface area contributed by atoms with E-state index in [0.717, 1.165) is 10.4 Å². The number of nitrogens with zero attached hydrogens (tertiary/aromatic N) is 2. The summed E-state index contributed by atoms with van der Waals surface area (Å²) in [6, 6.07) is 1.17. The minimum absolute atomic E-state index is 0.0977. The second-order valence-corrected chi connectivity index (χ2v) is 7.11. The van der Waals surface area contributed by atoms with Gasteiger partial charge in [0.15, 0.2) is 0 Å². The number of rotatable bonds is 4. The van der Waals surface area contributed by atoms with Gasteiger partial charge in [-0.2, -0.15) is 4.31 Å². The topological polar surface area (TPSA) is 118 Å². The van der Waals surface area contributed by atoms with Crippen molar-refractivity contribution in [1.29, 1.82) is 0 Å². The quantitative estimate of drug-likeness (QED) is 0.660. The number of sulfonamides is 1. The van der Waals surface area contributed by atoms with Crippen molar-refractivity contribution >= 4 is 21.7 Å². The Hall–Kier alpha value is -2.00. The molecule has 120 valence electrons. The van der Waals surface area contributed by atoms with Gasteiger partial charge in [-0.05, 0) is 37.8 Å². The first-order valence-corrected chi connectivity index (χ1v) is 8.10. The highest BCUT2D eigenvalue weighted by molar-refractivity contribution is 7.89. The van der Waals surface area contributed by atoms with E-state index < -0.39 is 27.0 Å². The van der Waals surface area contributed by atoms with E-state index in [1.54, 1.807) is 13.8 Å². The zero-order chi connectivity index (χ0) is 16.7. The number of non-ortho nitro benzene ring substituents is 1. The lowest BCUT2D eigenvalue weighted by atomic mass is 10.1. The molecule has 0 amide bonds. The molecular weight excluding hydrogens is 312 g/mol. The number of aryl methyl sites for hydroxylation is 1. The smallest absolute Gasteiger partial charge is 0.322 e. The molecule has 2 rings (SSSR count). The molecule has 0 unspecified atom stereocenters. The second kappa shape index (κ2) is 5.65. The highest BCUT2D eigenvalue weighted by Crippen LogP contribution is 2.31. The van der Waals surface area contributed by atoms with Crippen molar-refractivity contribution in [3.8, 4) is 0 Å². The van der Waals surface area contributed by atoms with Gasteiger partial charge in [0.25, 0.3) is 5.69 Å². The number of carbonyl (C=O) groups is 1. The van der Waals surface area contributed by atoms with Crippen LogP contribution in [0.2, 0.25) is 0 Å². The fourth-order valence-electron chi connectivity index (χ4n) is 2.58. The average molecular weight is 328 g/mol. The molecule has 0 bridgehead atoms. The van der Waals surface area contributed by atoms with Crippen molar-refractivity contribution < 1.29 is 23.2 Å². The zero-order valence-electron chi connectivity index (χ0n) is 12.1. The molecule has 1 saturated heterocycles. The molecule has 1 aliphatic heterocycles. The Morgan fingerprint density at radius 3 is 2.59 bits per heavy atom. The molecule has 1 aromatic rings. The Kier molecular flexibility index (Phi) is 4.21. The van der Waals surface area contributed by atoms with Crippen LogP contribution in [-0.2, 0) is 14.8 Å². The van der Waals surface area contributed by atoms with E-state index in [1.807, 2.05) is 0 Å². The van der Waals surface area contributed by atoms with Gasteiger partial charge >= 0.3 is 5.97 Å². The van der Waals surface area contributed by atoms with E-state index in [4.69, 9.17) is 5.11 Å². The lowest BCUT2D eigenvalue weighted by molar-refractivity contribution is -0.385. The number of hydrogen-bond donors (Lipinski definition) is 1. The number of carboxylic acids is 1. The number of nitro benzene ring substituents is 1. The standard InChI is InChI=1S/C13H16N2O6S/c1-8-6-10(15(18)19)7-12(9(8)2)22(20,21)14-5-3-4-11(14)13(16)17/h6-7,11H,3-5H2,1-2H3,(H,16,17)/t11-/m1/s1. The Bertz CT molecular complexity index is 743. The van der Waals surface area contributed by atoms with Crippen LogP contribution in [-0.4, -0.2) is 41.3 Å².